The molecular formula is C21H21F4N5O3. The van der Waals surface area contributed by atoms with Gasteiger partial charge >= 0.3 is 12.1 Å². The van der Waals surface area contributed by atoms with Crippen LogP contribution in [-0.2, 0) is 9.59 Å². The number of amides is 1. The number of rotatable bonds is 3. The highest BCUT2D eigenvalue weighted by Crippen LogP contribution is 2.23. The summed E-state index contributed by atoms with van der Waals surface area (Å²) in [5.41, 5.74) is 8.83. The van der Waals surface area contributed by atoms with E-state index in [0.717, 1.165) is 29.7 Å². The Balaban J connectivity index is 0.000000383. The molecule has 1 aliphatic rings. The molecule has 1 amide bonds. The second kappa shape index (κ2) is 9.86. The van der Waals surface area contributed by atoms with E-state index in [1.165, 1.54) is 12.1 Å². The van der Waals surface area contributed by atoms with Gasteiger partial charge in [0, 0.05) is 37.3 Å². The summed E-state index contributed by atoms with van der Waals surface area (Å²) in [5.74, 6) is -3.22. The standard InChI is InChI=1S/C19H20FN5O.C2HF3O2/c20-15-3-1-13(2-4-15)18(21)19(26)25-9-7-24(8-10-25)16-5-6-17-14(11-16)12-22-23-17;3-2(4,5)1(6)7/h1-6,11-12,18H,7-10,21H2,(H,22,23);(H,6,7). The van der Waals surface area contributed by atoms with Crippen molar-refractivity contribution in [3.05, 3.63) is 60.0 Å². The largest absolute Gasteiger partial charge is 0.490 e. The fraction of sp³-hybridized carbons (Fsp3) is 0.286. The van der Waals surface area contributed by atoms with Gasteiger partial charge in [-0.25, -0.2) is 9.18 Å². The molecule has 0 bridgehead atoms. The molecule has 3 aromatic rings. The minimum absolute atomic E-state index is 0.124. The van der Waals surface area contributed by atoms with Gasteiger partial charge in [-0.3, -0.25) is 9.89 Å². The molecule has 4 N–H and O–H groups in total. The molecule has 4 rings (SSSR count). The summed E-state index contributed by atoms with van der Waals surface area (Å²) in [6.07, 6.45) is -3.28. The molecular weight excluding hydrogens is 446 g/mol. The molecule has 1 saturated heterocycles. The minimum atomic E-state index is -5.08. The number of carbonyl (C=O) groups is 2. The van der Waals surface area contributed by atoms with E-state index in [2.05, 4.69) is 27.2 Å². The van der Waals surface area contributed by atoms with Crippen LogP contribution in [0.2, 0.25) is 0 Å². The molecule has 12 heteroatoms. The van der Waals surface area contributed by atoms with Gasteiger partial charge in [0.1, 0.15) is 11.9 Å². The molecule has 176 valence electrons. The zero-order valence-electron chi connectivity index (χ0n) is 17.2. The first-order valence-electron chi connectivity index (χ1n) is 9.84. The molecule has 0 saturated carbocycles. The Labute approximate surface area is 185 Å². The van der Waals surface area contributed by atoms with Gasteiger partial charge in [0.15, 0.2) is 0 Å². The zero-order chi connectivity index (χ0) is 24.2. The van der Waals surface area contributed by atoms with Gasteiger partial charge in [-0.05, 0) is 35.9 Å². The molecule has 1 unspecified atom stereocenters. The Hall–Kier alpha value is -3.67. The SMILES string of the molecule is NC(C(=O)N1CCN(c2ccc3[nH]ncc3c2)CC1)c1ccc(F)cc1.O=C(O)C(F)(F)F. The average molecular weight is 467 g/mol. The number of nitrogens with zero attached hydrogens (tertiary/aromatic N) is 3. The minimum Gasteiger partial charge on any atom is -0.475 e. The summed E-state index contributed by atoms with van der Waals surface area (Å²) in [6.45, 7) is 2.70. The van der Waals surface area contributed by atoms with Crippen LogP contribution in [0.5, 0.6) is 0 Å². The Morgan fingerprint density at radius 1 is 1.06 bits per heavy atom. The Kier molecular flexibility index (Phi) is 7.16. The third kappa shape index (κ3) is 5.98. The summed E-state index contributed by atoms with van der Waals surface area (Å²) in [6, 6.07) is 11.2. The number of aromatic nitrogens is 2. The van der Waals surface area contributed by atoms with E-state index in [1.54, 1.807) is 23.2 Å². The highest BCUT2D eigenvalue weighted by molar-refractivity contribution is 5.84. The summed E-state index contributed by atoms with van der Waals surface area (Å²) in [5, 5.41) is 15.2. The van der Waals surface area contributed by atoms with E-state index in [4.69, 9.17) is 15.6 Å². The van der Waals surface area contributed by atoms with E-state index >= 15 is 0 Å². The lowest BCUT2D eigenvalue weighted by Crippen LogP contribution is -2.51. The second-order valence-corrected chi connectivity index (χ2v) is 7.29. The molecule has 8 nitrogen and oxygen atoms in total. The first-order chi connectivity index (χ1) is 15.6. The number of alkyl halides is 3. The summed E-state index contributed by atoms with van der Waals surface area (Å²) < 4.78 is 44.8. The molecule has 1 aliphatic heterocycles. The highest BCUT2D eigenvalue weighted by atomic mass is 19.4. The smallest absolute Gasteiger partial charge is 0.475 e. The van der Waals surface area contributed by atoms with E-state index < -0.39 is 18.2 Å². The number of H-pyrrole nitrogens is 1. The first-order valence-corrected chi connectivity index (χ1v) is 9.84. The number of hydrogen-bond donors (Lipinski definition) is 3. The fourth-order valence-corrected chi connectivity index (χ4v) is 3.32. The number of nitrogens with one attached hydrogen (secondary N) is 1. The number of aromatic amines is 1. The molecule has 1 atom stereocenters. The number of hydrogen-bond acceptors (Lipinski definition) is 5. The lowest BCUT2D eigenvalue weighted by atomic mass is 10.1. The van der Waals surface area contributed by atoms with Crippen molar-refractivity contribution in [2.75, 3.05) is 31.1 Å². The fourth-order valence-electron chi connectivity index (χ4n) is 3.32. The molecule has 1 fully saturated rings. The first kappa shape index (κ1) is 24.0. The van der Waals surface area contributed by atoms with Crippen molar-refractivity contribution >= 4 is 28.5 Å². The van der Waals surface area contributed by atoms with E-state index in [1.807, 2.05) is 6.07 Å². The van der Waals surface area contributed by atoms with Crippen LogP contribution >= 0.6 is 0 Å². The molecule has 1 aromatic heterocycles. The number of carboxylic acids is 1. The van der Waals surface area contributed by atoms with Crippen molar-refractivity contribution < 1.29 is 32.3 Å². The van der Waals surface area contributed by atoms with Crippen LogP contribution in [0.25, 0.3) is 10.9 Å². The summed E-state index contributed by atoms with van der Waals surface area (Å²) >= 11 is 0. The predicted octanol–water partition coefficient (Wildman–Crippen LogP) is 2.68. The van der Waals surface area contributed by atoms with Crippen molar-refractivity contribution in [3.63, 3.8) is 0 Å². The summed E-state index contributed by atoms with van der Waals surface area (Å²) in [7, 11) is 0. The molecule has 2 heterocycles. The van der Waals surface area contributed by atoms with Crippen molar-refractivity contribution in [2.24, 2.45) is 5.73 Å². The van der Waals surface area contributed by atoms with Gasteiger partial charge in [0.2, 0.25) is 5.91 Å². The van der Waals surface area contributed by atoms with Crippen LogP contribution in [0.1, 0.15) is 11.6 Å². The highest BCUT2D eigenvalue weighted by Gasteiger charge is 2.38. The maximum atomic E-state index is 13.0. The molecule has 33 heavy (non-hydrogen) atoms. The van der Waals surface area contributed by atoms with Crippen LogP contribution in [0.15, 0.2) is 48.7 Å². The topological polar surface area (TPSA) is 116 Å². The molecule has 0 radical (unpaired) electrons. The Morgan fingerprint density at radius 3 is 2.24 bits per heavy atom. The van der Waals surface area contributed by atoms with Crippen molar-refractivity contribution in [3.8, 4) is 0 Å². The van der Waals surface area contributed by atoms with Gasteiger partial charge in [-0.15, -0.1) is 0 Å². The molecule has 0 aliphatic carbocycles. The van der Waals surface area contributed by atoms with Gasteiger partial charge in [-0.1, -0.05) is 12.1 Å². The normalized spacial score (nSPS) is 15.1. The number of piperazine rings is 1. The number of carbonyl (C=O) groups excluding carboxylic acids is 1. The number of nitrogens with two attached hydrogens (primary N) is 1. The van der Waals surface area contributed by atoms with Crippen molar-refractivity contribution in [2.45, 2.75) is 12.2 Å². The average Bonchev–Trinajstić information content (AvgIpc) is 3.26. The van der Waals surface area contributed by atoms with E-state index in [9.17, 15) is 22.4 Å². The quantitative estimate of drug-likeness (QED) is 0.510. The monoisotopic (exact) mass is 467 g/mol. The van der Waals surface area contributed by atoms with Gasteiger partial charge in [0.25, 0.3) is 0 Å². The second-order valence-electron chi connectivity index (χ2n) is 7.29. The Morgan fingerprint density at radius 2 is 1.67 bits per heavy atom. The van der Waals surface area contributed by atoms with Crippen LogP contribution in [0.4, 0.5) is 23.2 Å². The summed E-state index contributed by atoms with van der Waals surface area (Å²) in [4.78, 5) is 25.6. The van der Waals surface area contributed by atoms with Gasteiger partial charge in [-0.2, -0.15) is 18.3 Å². The van der Waals surface area contributed by atoms with Crippen LogP contribution < -0.4 is 10.6 Å². The maximum Gasteiger partial charge on any atom is 0.490 e. The number of fused-ring (bicyclic) bond motifs is 1. The van der Waals surface area contributed by atoms with E-state index in [-0.39, 0.29) is 11.7 Å². The predicted molar refractivity (Wildman–Crippen MR) is 112 cm³/mol. The van der Waals surface area contributed by atoms with Crippen molar-refractivity contribution in [1.82, 2.24) is 15.1 Å². The van der Waals surface area contributed by atoms with Crippen LogP contribution in [0, 0.1) is 5.82 Å². The molecule has 2 aromatic carbocycles. The number of aliphatic carboxylic acids is 1. The number of carboxylic acid groups (broad SMARTS) is 1. The van der Waals surface area contributed by atoms with Crippen LogP contribution in [0.3, 0.4) is 0 Å². The maximum absolute atomic E-state index is 13.0. The van der Waals surface area contributed by atoms with Crippen molar-refractivity contribution in [1.29, 1.82) is 0 Å². The lowest BCUT2D eigenvalue weighted by molar-refractivity contribution is -0.192. The molecule has 0 spiro atoms. The van der Waals surface area contributed by atoms with Gasteiger partial charge in [0.05, 0.1) is 11.7 Å². The van der Waals surface area contributed by atoms with E-state index in [0.29, 0.717) is 18.7 Å². The Bertz CT molecular complexity index is 1110. The third-order valence-electron chi connectivity index (χ3n) is 5.12. The number of halogens is 4. The number of benzene rings is 2. The van der Waals surface area contributed by atoms with Crippen LogP contribution in [-0.4, -0.2) is 64.4 Å². The van der Waals surface area contributed by atoms with Gasteiger partial charge < -0.3 is 20.6 Å². The number of anilines is 1. The third-order valence-corrected chi connectivity index (χ3v) is 5.12. The zero-order valence-corrected chi connectivity index (χ0v) is 17.2. The lowest BCUT2D eigenvalue weighted by Gasteiger charge is -2.37.